The van der Waals surface area contributed by atoms with Crippen molar-refractivity contribution in [2.24, 2.45) is 5.10 Å². The topological polar surface area (TPSA) is 136 Å². The number of rotatable bonds is 8. The van der Waals surface area contributed by atoms with Crippen molar-refractivity contribution < 1.29 is 23.7 Å². The van der Waals surface area contributed by atoms with Gasteiger partial charge in [0.05, 0.1) is 10.6 Å². The maximum Gasteiger partial charge on any atom is 0.287 e. The van der Waals surface area contributed by atoms with E-state index in [9.17, 15) is 19.7 Å². The van der Waals surface area contributed by atoms with Crippen LogP contribution in [0.1, 0.15) is 57.1 Å². The van der Waals surface area contributed by atoms with E-state index in [4.69, 9.17) is 9.15 Å². The van der Waals surface area contributed by atoms with Crippen LogP contribution in [0.5, 0.6) is 0 Å². The first-order valence-corrected chi connectivity index (χ1v) is 9.93. The number of nitrogens with zero attached hydrogens (tertiary/aromatic N) is 2. The molecule has 1 aromatic carbocycles. The van der Waals surface area contributed by atoms with Crippen molar-refractivity contribution in [3.8, 4) is 0 Å². The van der Waals surface area contributed by atoms with Crippen LogP contribution in [0.4, 0.5) is 5.69 Å². The number of nitro groups is 1. The molecule has 0 atom stereocenters. The predicted molar refractivity (Wildman–Crippen MR) is 112 cm³/mol. The van der Waals surface area contributed by atoms with E-state index in [0.717, 1.165) is 12.0 Å². The van der Waals surface area contributed by atoms with Crippen molar-refractivity contribution in [2.45, 2.75) is 32.6 Å². The Morgan fingerprint density at radius 1 is 1.29 bits per heavy atom. The molecule has 0 bridgehead atoms. The molecule has 0 saturated carbocycles. The van der Waals surface area contributed by atoms with Crippen molar-refractivity contribution in [1.82, 2.24) is 10.7 Å². The zero-order valence-corrected chi connectivity index (χ0v) is 17.4. The van der Waals surface area contributed by atoms with Crippen molar-refractivity contribution in [3.63, 3.8) is 0 Å². The molecule has 164 valence electrons. The summed E-state index contributed by atoms with van der Waals surface area (Å²) in [6, 6.07) is 5.42. The number of nitro benzene ring substituents is 1. The standard InChI is InChI=1S/C21H24N4O6/c1-13-18-16(23-24-20(26)14-6-3-7-15(12-14)25(28)29)8-4-9-17(18)31-19(13)21(27)22-10-5-11-30-2/h3,6-7,12H,4-5,8-11H2,1-2H3,(H,22,27)(H,24,26)/b23-16+. The highest BCUT2D eigenvalue weighted by atomic mass is 16.6. The molecule has 10 nitrogen and oxygen atoms in total. The van der Waals surface area contributed by atoms with Crippen molar-refractivity contribution in [1.29, 1.82) is 0 Å². The van der Waals surface area contributed by atoms with Crippen LogP contribution < -0.4 is 10.7 Å². The van der Waals surface area contributed by atoms with Gasteiger partial charge in [-0.2, -0.15) is 5.10 Å². The van der Waals surface area contributed by atoms with Crippen LogP contribution in [0.3, 0.4) is 0 Å². The summed E-state index contributed by atoms with van der Waals surface area (Å²) in [6.45, 7) is 2.81. The number of hydrogen-bond acceptors (Lipinski definition) is 7. The zero-order chi connectivity index (χ0) is 22.4. The fourth-order valence-electron chi connectivity index (χ4n) is 3.44. The average Bonchev–Trinajstić information content (AvgIpc) is 3.12. The van der Waals surface area contributed by atoms with Crippen molar-refractivity contribution >= 4 is 23.2 Å². The minimum atomic E-state index is -0.563. The smallest absolute Gasteiger partial charge is 0.287 e. The number of fused-ring (bicyclic) bond motifs is 1. The lowest BCUT2D eigenvalue weighted by Crippen LogP contribution is -2.25. The summed E-state index contributed by atoms with van der Waals surface area (Å²) >= 11 is 0. The number of amides is 2. The number of non-ortho nitro benzene ring substituents is 1. The second kappa shape index (κ2) is 9.98. The second-order valence-electron chi connectivity index (χ2n) is 7.12. The van der Waals surface area contributed by atoms with Gasteiger partial charge in [-0.25, -0.2) is 5.43 Å². The molecule has 0 radical (unpaired) electrons. The Morgan fingerprint density at radius 2 is 2.10 bits per heavy atom. The summed E-state index contributed by atoms with van der Waals surface area (Å²) in [4.78, 5) is 35.2. The number of aryl methyl sites for hydroxylation is 1. The molecule has 2 aromatic rings. The number of carbonyl (C=O) groups is 2. The summed E-state index contributed by atoms with van der Waals surface area (Å²) in [5.74, 6) is 0.0414. The van der Waals surface area contributed by atoms with Crippen LogP contribution in [0.25, 0.3) is 0 Å². The van der Waals surface area contributed by atoms with Gasteiger partial charge in [-0.15, -0.1) is 0 Å². The summed E-state index contributed by atoms with van der Waals surface area (Å²) in [5.41, 5.74) is 4.43. The number of benzene rings is 1. The van der Waals surface area contributed by atoms with E-state index in [1.807, 2.05) is 0 Å². The van der Waals surface area contributed by atoms with Crippen LogP contribution in [0.15, 0.2) is 33.8 Å². The first-order valence-electron chi connectivity index (χ1n) is 9.93. The number of nitrogens with one attached hydrogen (secondary N) is 2. The highest BCUT2D eigenvalue weighted by Gasteiger charge is 2.28. The van der Waals surface area contributed by atoms with Gasteiger partial charge in [0.15, 0.2) is 5.76 Å². The van der Waals surface area contributed by atoms with Gasteiger partial charge in [-0.05, 0) is 32.3 Å². The molecule has 1 aliphatic carbocycles. The van der Waals surface area contributed by atoms with E-state index in [1.54, 1.807) is 14.0 Å². The lowest BCUT2D eigenvalue weighted by atomic mass is 9.93. The zero-order valence-electron chi connectivity index (χ0n) is 17.4. The predicted octanol–water partition coefficient (Wildman–Crippen LogP) is 2.73. The van der Waals surface area contributed by atoms with E-state index in [2.05, 4.69) is 15.8 Å². The summed E-state index contributed by atoms with van der Waals surface area (Å²) < 4.78 is 10.8. The van der Waals surface area contributed by atoms with Gasteiger partial charge < -0.3 is 14.5 Å². The number of ether oxygens (including phenoxy) is 1. The fourth-order valence-corrected chi connectivity index (χ4v) is 3.44. The highest BCUT2D eigenvalue weighted by Crippen LogP contribution is 2.29. The molecule has 1 aliphatic rings. The van der Waals surface area contributed by atoms with E-state index >= 15 is 0 Å². The van der Waals surface area contributed by atoms with Crippen molar-refractivity contribution in [2.75, 3.05) is 20.3 Å². The number of carbonyl (C=O) groups excluding carboxylic acids is 2. The first-order chi connectivity index (χ1) is 14.9. The van der Waals surface area contributed by atoms with Crippen LogP contribution in [-0.4, -0.2) is 42.7 Å². The molecule has 3 rings (SSSR count). The minimum absolute atomic E-state index is 0.134. The lowest BCUT2D eigenvalue weighted by Gasteiger charge is -2.13. The van der Waals surface area contributed by atoms with Crippen LogP contribution >= 0.6 is 0 Å². The first kappa shape index (κ1) is 22.2. The fraction of sp³-hybridized carbons (Fsp3) is 0.381. The van der Waals surface area contributed by atoms with Gasteiger partial charge in [0, 0.05) is 55.5 Å². The van der Waals surface area contributed by atoms with Gasteiger partial charge >= 0.3 is 0 Å². The Hall–Kier alpha value is -3.53. The number of hydrazone groups is 1. The third kappa shape index (κ3) is 5.15. The van der Waals surface area contributed by atoms with Gasteiger partial charge in [0.2, 0.25) is 0 Å². The van der Waals surface area contributed by atoms with E-state index in [-0.39, 0.29) is 22.9 Å². The maximum atomic E-state index is 12.5. The van der Waals surface area contributed by atoms with Gasteiger partial charge in [-0.1, -0.05) is 6.07 Å². The molecule has 2 amide bonds. The number of hydrogen-bond donors (Lipinski definition) is 2. The molecule has 1 heterocycles. The number of methoxy groups -OCH3 is 1. The van der Waals surface area contributed by atoms with Gasteiger partial charge in [0.1, 0.15) is 5.76 Å². The lowest BCUT2D eigenvalue weighted by molar-refractivity contribution is -0.384. The quantitative estimate of drug-likeness (QED) is 0.377. The van der Waals surface area contributed by atoms with Crippen LogP contribution in [-0.2, 0) is 11.2 Å². The normalized spacial score (nSPS) is 14.2. The molecule has 1 aromatic heterocycles. The second-order valence-corrected chi connectivity index (χ2v) is 7.12. The molecule has 0 aliphatic heterocycles. The van der Waals surface area contributed by atoms with Gasteiger partial charge in [-0.3, -0.25) is 19.7 Å². The Labute approximate surface area is 178 Å². The highest BCUT2D eigenvalue weighted by molar-refractivity contribution is 6.07. The Morgan fingerprint density at radius 3 is 2.84 bits per heavy atom. The molecule has 10 heteroatoms. The number of furan rings is 1. The van der Waals surface area contributed by atoms with Crippen LogP contribution in [0, 0.1) is 17.0 Å². The molecule has 0 saturated heterocycles. The molecular formula is C21H24N4O6. The molecule has 0 unspecified atom stereocenters. The summed E-state index contributed by atoms with van der Waals surface area (Å²) in [7, 11) is 1.60. The molecule has 0 fully saturated rings. The van der Waals surface area contributed by atoms with Crippen LogP contribution in [0.2, 0.25) is 0 Å². The Bertz CT molecular complexity index is 1030. The van der Waals surface area contributed by atoms with Gasteiger partial charge in [0.25, 0.3) is 17.5 Å². The maximum absolute atomic E-state index is 12.5. The van der Waals surface area contributed by atoms with Crippen molar-refractivity contribution in [3.05, 3.63) is 62.6 Å². The SMILES string of the molecule is COCCCNC(=O)c1oc2c(c1C)/C(=N/NC(=O)c1cccc([N+](=O)[O-])c1)CCC2. The van der Waals surface area contributed by atoms with E-state index in [0.29, 0.717) is 49.4 Å². The minimum Gasteiger partial charge on any atom is -0.455 e. The third-order valence-electron chi connectivity index (χ3n) is 4.95. The monoisotopic (exact) mass is 428 g/mol. The van der Waals surface area contributed by atoms with E-state index in [1.165, 1.54) is 24.3 Å². The Balaban J connectivity index is 1.76. The summed E-state index contributed by atoms with van der Waals surface area (Å²) in [6.07, 6.45) is 2.74. The largest absolute Gasteiger partial charge is 0.455 e. The summed E-state index contributed by atoms with van der Waals surface area (Å²) in [5, 5.41) is 18.0. The Kier molecular flexibility index (Phi) is 7.14. The average molecular weight is 428 g/mol. The molecule has 31 heavy (non-hydrogen) atoms. The molecule has 0 spiro atoms. The third-order valence-corrected chi connectivity index (χ3v) is 4.95. The molecule has 2 N–H and O–H groups in total. The molecular weight excluding hydrogens is 404 g/mol. The van der Waals surface area contributed by atoms with E-state index < -0.39 is 10.8 Å².